The number of ether oxygens (including phenoxy) is 2. The van der Waals surface area contributed by atoms with Gasteiger partial charge in [-0.1, -0.05) is 25.1 Å². The highest BCUT2D eigenvalue weighted by atomic mass is 79.9. The Morgan fingerprint density at radius 2 is 2.05 bits per heavy atom. The third-order valence-electron chi connectivity index (χ3n) is 3.50. The van der Waals surface area contributed by atoms with Gasteiger partial charge in [-0.2, -0.15) is 0 Å². The van der Waals surface area contributed by atoms with Gasteiger partial charge in [-0.05, 0) is 52.2 Å². The van der Waals surface area contributed by atoms with Gasteiger partial charge in [0.1, 0.15) is 6.61 Å². The topological polar surface area (TPSA) is 47.6 Å². The van der Waals surface area contributed by atoms with Crippen LogP contribution in [0.3, 0.4) is 0 Å². The number of anilines is 1. The van der Waals surface area contributed by atoms with Gasteiger partial charge >= 0.3 is 0 Å². The number of benzene rings is 2. The molecule has 3 rings (SSSR count). The van der Waals surface area contributed by atoms with E-state index in [0.29, 0.717) is 11.5 Å². The highest BCUT2D eigenvalue weighted by molar-refractivity contribution is 9.10. The van der Waals surface area contributed by atoms with Crippen LogP contribution in [-0.4, -0.2) is 18.6 Å². The van der Waals surface area contributed by atoms with E-state index in [1.165, 1.54) is 5.56 Å². The van der Waals surface area contributed by atoms with Crippen LogP contribution in [0.5, 0.6) is 11.5 Å². The van der Waals surface area contributed by atoms with Crippen molar-refractivity contribution in [2.75, 3.05) is 11.9 Å². The van der Waals surface area contributed by atoms with Gasteiger partial charge in [0.2, 0.25) is 6.10 Å². The summed E-state index contributed by atoms with van der Waals surface area (Å²) in [5, 5.41) is 2.87. The van der Waals surface area contributed by atoms with Crippen molar-refractivity contribution in [3.63, 3.8) is 0 Å². The van der Waals surface area contributed by atoms with Crippen molar-refractivity contribution in [3.05, 3.63) is 52.5 Å². The number of nitrogens with one attached hydrogen (secondary N) is 1. The van der Waals surface area contributed by atoms with Crippen LogP contribution in [0.2, 0.25) is 0 Å². The maximum Gasteiger partial charge on any atom is 0.269 e. The van der Waals surface area contributed by atoms with Gasteiger partial charge in [0.15, 0.2) is 11.5 Å². The molecule has 0 aliphatic carbocycles. The molecule has 1 amide bonds. The molecule has 1 N–H and O–H groups in total. The van der Waals surface area contributed by atoms with E-state index < -0.39 is 6.10 Å². The molecule has 0 saturated carbocycles. The zero-order chi connectivity index (χ0) is 15.5. The Balaban J connectivity index is 1.71. The lowest BCUT2D eigenvalue weighted by Gasteiger charge is -2.25. The monoisotopic (exact) mass is 361 g/mol. The van der Waals surface area contributed by atoms with E-state index in [-0.39, 0.29) is 12.5 Å². The molecule has 4 nitrogen and oxygen atoms in total. The maximum absolute atomic E-state index is 12.3. The molecule has 0 radical (unpaired) electrons. The van der Waals surface area contributed by atoms with E-state index in [9.17, 15) is 4.79 Å². The van der Waals surface area contributed by atoms with Crippen LogP contribution in [0.25, 0.3) is 0 Å². The fourth-order valence-corrected chi connectivity index (χ4v) is 2.77. The normalized spacial score (nSPS) is 16.2. The number of fused-ring (bicyclic) bond motifs is 1. The van der Waals surface area contributed by atoms with Crippen molar-refractivity contribution in [1.29, 1.82) is 0 Å². The zero-order valence-corrected chi connectivity index (χ0v) is 13.7. The van der Waals surface area contributed by atoms with Crippen LogP contribution in [0.15, 0.2) is 46.9 Å². The minimum atomic E-state index is -0.660. The van der Waals surface area contributed by atoms with E-state index in [1.54, 1.807) is 6.07 Å². The highest BCUT2D eigenvalue weighted by Crippen LogP contribution is 2.31. The minimum absolute atomic E-state index is 0.202. The van der Waals surface area contributed by atoms with Crippen LogP contribution in [0.4, 0.5) is 5.69 Å². The molecule has 1 unspecified atom stereocenters. The van der Waals surface area contributed by atoms with Gasteiger partial charge in [0.25, 0.3) is 5.91 Å². The Morgan fingerprint density at radius 3 is 2.77 bits per heavy atom. The number of hydrogen-bond acceptors (Lipinski definition) is 3. The summed E-state index contributed by atoms with van der Waals surface area (Å²) in [7, 11) is 0. The van der Waals surface area contributed by atoms with Crippen molar-refractivity contribution < 1.29 is 14.3 Å². The lowest BCUT2D eigenvalue weighted by molar-refractivity contribution is -0.125. The van der Waals surface area contributed by atoms with Crippen LogP contribution in [-0.2, 0) is 11.2 Å². The van der Waals surface area contributed by atoms with Gasteiger partial charge in [-0.25, -0.2) is 0 Å². The summed E-state index contributed by atoms with van der Waals surface area (Å²) in [5.41, 5.74) is 1.93. The van der Waals surface area contributed by atoms with Crippen molar-refractivity contribution in [2.24, 2.45) is 0 Å². The number of aryl methyl sites for hydroxylation is 1. The van der Waals surface area contributed by atoms with Crippen LogP contribution in [0, 0.1) is 0 Å². The molecule has 0 bridgehead atoms. The average Bonchev–Trinajstić information content (AvgIpc) is 2.56. The van der Waals surface area contributed by atoms with Gasteiger partial charge in [0, 0.05) is 4.47 Å². The quantitative estimate of drug-likeness (QED) is 0.904. The van der Waals surface area contributed by atoms with Crippen molar-refractivity contribution >= 4 is 27.5 Å². The first-order valence-electron chi connectivity index (χ1n) is 7.15. The molecule has 2 aromatic carbocycles. The second kappa shape index (κ2) is 6.40. The first kappa shape index (κ1) is 14.9. The highest BCUT2D eigenvalue weighted by Gasteiger charge is 2.27. The molecule has 2 aromatic rings. The molecule has 1 heterocycles. The third kappa shape index (κ3) is 3.09. The molecule has 114 valence electrons. The van der Waals surface area contributed by atoms with E-state index in [0.717, 1.165) is 16.6 Å². The number of para-hydroxylation sites is 2. The number of rotatable bonds is 3. The van der Waals surface area contributed by atoms with Crippen LogP contribution in [0.1, 0.15) is 12.5 Å². The fraction of sp³-hybridized carbons (Fsp3) is 0.235. The van der Waals surface area contributed by atoms with Crippen molar-refractivity contribution in [1.82, 2.24) is 0 Å². The van der Waals surface area contributed by atoms with Crippen molar-refractivity contribution in [2.45, 2.75) is 19.4 Å². The number of amides is 1. The van der Waals surface area contributed by atoms with E-state index in [1.807, 2.05) is 36.4 Å². The summed E-state index contributed by atoms with van der Waals surface area (Å²) in [6.07, 6.45) is 0.288. The average molecular weight is 362 g/mol. The molecule has 1 atom stereocenters. The lowest BCUT2D eigenvalue weighted by atomic mass is 10.1. The van der Waals surface area contributed by atoms with Gasteiger partial charge in [0.05, 0.1) is 5.69 Å². The summed E-state index contributed by atoms with van der Waals surface area (Å²) < 4.78 is 12.1. The molecule has 0 spiro atoms. The minimum Gasteiger partial charge on any atom is -0.485 e. The second-order valence-corrected chi connectivity index (χ2v) is 5.88. The molecular weight excluding hydrogens is 346 g/mol. The Hall–Kier alpha value is -2.01. The molecule has 22 heavy (non-hydrogen) atoms. The molecule has 0 fully saturated rings. The summed E-state index contributed by atoms with van der Waals surface area (Å²) in [5.74, 6) is 1.04. The van der Waals surface area contributed by atoms with Crippen LogP contribution < -0.4 is 14.8 Å². The predicted octanol–water partition coefficient (Wildman–Crippen LogP) is 3.79. The largest absolute Gasteiger partial charge is 0.485 e. The lowest BCUT2D eigenvalue weighted by Crippen LogP contribution is -2.40. The smallest absolute Gasteiger partial charge is 0.269 e. The molecule has 0 saturated heterocycles. The second-order valence-electron chi connectivity index (χ2n) is 5.02. The fourth-order valence-electron chi connectivity index (χ4n) is 2.24. The molecular formula is C17H16BrNO3. The Morgan fingerprint density at radius 1 is 1.27 bits per heavy atom. The molecule has 5 heteroatoms. The van der Waals surface area contributed by atoms with E-state index >= 15 is 0 Å². The third-order valence-corrected chi connectivity index (χ3v) is 4.16. The standard InChI is InChI=1S/C17H16BrNO3/c1-2-11-7-8-13(12(18)9-11)19-17(20)16-10-21-14-5-3-4-6-15(14)22-16/h3-9,16H,2,10H2,1H3,(H,19,20). The first-order valence-corrected chi connectivity index (χ1v) is 7.94. The molecule has 0 aromatic heterocycles. The SMILES string of the molecule is CCc1ccc(NC(=O)C2COc3ccccc3O2)c(Br)c1. The summed E-state index contributed by atoms with van der Waals surface area (Å²) in [4.78, 5) is 12.3. The maximum atomic E-state index is 12.3. The zero-order valence-electron chi connectivity index (χ0n) is 12.1. The summed E-state index contributed by atoms with van der Waals surface area (Å²) in [6, 6.07) is 13.2. The number of carbonyl (C=O) groups excluding carboxylic acids is 1. The Bertz CT molecular complexity index is 702. The first-order chi connectivity index (χ1) is 10.7. The summed E-state index contributed by atoms with van der Waals surface area (Å²) in [6.45, 7) is 2.29. The number of halogens is 1. The number of carbonyl (C=O) groups is 1. The Kier molecular flexibility index (Phi) is 4.34. The number of hydrogen-bond donors (Lipinski definition) is 1. The Labute approximate surface area is 137 Å². The van der Waals surface area contributed by atoms with Crippen molar-refractivity contribution in [3.8, 4) is 11.5 Å². The van der Waals surface area contributed by atoms with Gasteiger partial charge in [-0.3, -0.25) is 4.79 Å². The van der Waals surface area contributed by atoms with Gasteiger partial charge < -0.3 is 14.8 Å². The van der Waals surface area contributed by atoms with Gasteiger partial charge in [-0.15, -0.1) is 0 Å². The molecule has 1 aliphatic rings. The summed E-state index contributed by atoms with van der Waals surface area (Å²) >= 11 is 3.48. The molecule has 1 aliphatic heterocycles. The van der Waals surface area contributed by atoms with Crippen LogP contribution >= 0.6 is 15.9 Å². The van der Waals surface area contributed by atoms with E-state index in [2.05, 4.69) is 28.2 Å². The predicted molar refractivity (Wildman–Crippen MR) is 88.5 cm³/mol. The van der Waals surface area contributed by atoms with E-state index in [4.69, 9.17) is 9.47 Å².